The number of ketones is 1. The van der Waals surface area contributed by atoms with Gasteiger partial charge >= 0.3 is 0 Å². The zero-order valence-electron chi connectivity index (χ0n) is 11.7. The third kappa shape index (κ3) is 1.33. The van der Waals surface area contributed by atoms with Crippen LogP contribution in [0.2, 0.25) is 0 Å². The highest BCUT2D eigenvalue weighted by Crippen LogP contribution is 2.57. The van der Waals surface area contributed by atoms with Crippen molar-refractivity contribution in [3.05, 3.63) is 0 Å². The summed E-state index contributed by atoms with van der Waals surface area (Å²) in [5, 5.41) is 0. The molecule has 0 aromatic carbocycles. The summed E-state index contributed by atoms with van der Waals surface area (Å²) in [6.45, 7) is 3.89. The van der Waals surface area contributed by atoms with Crippen LogP contribution in [0.15, 0.2) is 0 Å². The molecule has 7 nitrogen and oxygen atoms in total. The normalized spacial score (nSPS) is 57.5. The lowest BCUT2D eigenvalue weighted by molar-refractivity contribution is -0.376. The van der Waals surface area contributed by atoms with Gasteiger partial charge in [0.15, 0.2) is 11.9 Å². The summed E-state index contributed by atoms with van der Waals surface area (Å²) < 4.78 is 22.9. The van der Waals surface area contributed by atoms with Crippen LogP contribution in [0.3, 0.4) is 0 Å². The van der Waals surface area contributed by atoms with Gasteiger partial charge in [-0.05, 0) is 6.92 Å². The van der Waals surface area contributed by atoms with Gasteiger partial charge in [-0.15, -0.1) is 0 Å². The van der Waals surface area contributed by atoms with E-state index in [1.807, 2.05) is 13.8 Å². The summed E-state index contributed by atoms with van der Waals surface area (Å²) in [4.78, 5) is 23.3. The van der Waals surface area contributed by atoms with Crippen LogP contribution in [-0.4, -0.2) is 50.1 Å². The van der Waals surface area contributed by atoms with Crippen LogP contribution < -0.4 is 0 Å². The van der Waals surface area contributed by atoms with E-state index in [9.17, 15) is 4.79 Å². The molecule has 4 rings (SSSR count). The smallest absolute Gasteiger partial charge is 0.226 e. The second-order valence-electron chi connectivity index (χ2n) is 6.17. The summed E-state index contributed by atoms with van der Waals surface area (Å²) in [5.41, 5.74) is -1.76. The fourth-order valence-corrected chi connectivity index (χ4v) is 3.83. The van der Waals surface area contributed by atoms with Gasteiger partial charge in [-0.3, -0.25) is 4.79 Å². The molecule has 4 heterocycles. The van der Waals surface area contributed by atoms with Crippen molar-refractivity contribution in [2.45, 2.75) is 50.8 Å². The van der Waals surface area contributed by atoms with Crippen LogP contribution in [0.1, 0.15) is 20.3 Å². The lowest BCUT2D eigenvalue weighted by atomic mass is 9.60. The van der Waals surface area contributed by atoms with E-state index in [2.05, 4.69) is 0 Å². The molecule has 7 heteroatoms. The Morgan fingerprint density at radius 2 is 2.15 bits per heavy atom. The minimum atomic E-state index is -0.969. The number of rotatable bonds is 1. The Bertz CT molecular complexity index is 454. The Morgan fingerprint density at radius 3 is 2.90 bits per heavy atom. The van der Waals surface area contributed by atoms with Crippen molar-refractivity contribution < 1.29 is 33.5 Å². The van der Waals surface area contributed by atoms with Crippen molar-refractivity contribution in [3.63, 3.8) is 0 Å². The van der Waals surface area contributed by atoms with E-state index in [0.717, 1.165) is 0 Å². The third-order valence-corrected chi connectivity index (χ3v) is 5.20. The summed E-state index contributed by atoms with van der Waals surface area (Å²) in [5.74, 6) is -0.192. The number of ether oxygens (including phenoxy) is 4. The fourth-order valence-electron chi connectivity index (χ4n) is 3.83. The molecule has 4 saturated heterocycles. The monoisotopic (exact) mass is 286 g/mol. The van der Waals surface area contributed by atoms with Gasteiger partial charge in [0.2, 0.25) is 12.6 Å². The molecule has 4 aliphatic heterocycles. The van der Waals surface area contributed by atoms with Crippen molar-refractivity contribution in [1.29, 1.82) is 0 Å². The predicted octanol–water partition coefficient (Wildman–Crippen LogP) is 0.372. The van der Waals surface area contributed by atoms with Crippen molar-refractivity contribution in [2.75, 3.05) is 13.7 Å². The molecule has 4 fully saturated rings. The topological polar surface area (TPSA) is 72.5 Å². The zero-order chi connectivity index (χ0) is 14.1. The average molecular weight is 286 g/mol. The van der Waals surface area contributed by atoms with Gasteiger partial charge < -0.3 is 18.9 Å². The van der Waals surface area contributed by atoms with E-state index in [0.29, 0.717) is 6.42 Å². The number of fused-ring (bicyclic) bond motifs is 4. The molecule has 0 amide bonds. The molecular weight excluding hydrogens is 268 g/mol. The van der Waals surface area contributed by atoms with Crippen LogP contribution in [0.5, 0.6) is 0 Å². The molecular formula is C13H18O7. The van der Waals surface area contributed by atoms with Gasteiger partial charge in [-0.2, -0.15) is 9.78 Å². The quantitative estimate of drug-likeness (QED) is 0.645. The Kier molecular flexibility index (Phi) is 2.62. The lowest BCUT2D eigenvalue weighted by Crippen LogP contribution is -2.75. The first-order valence-electron chi connectivity index (χ1n) is 6.86. The highest BCUT2D eigenvalue weighted by molar-refractivity contribution is 5.89. The second-order valence-corrected chi connectivity index (χ2v) is 6.17. The molecule has 0 N–H and O–H groups in total. The number of methoxy groups -OCH3 is 1. The summed E-state index contributed by atoms with van der Waals surface area (Å²) >= 11 is 0. The Hall–Kier alpha value is -0.570. The molecule has 112 valence electrons. The first-order chi connectivity index (χ1) is 9.52. The largest absolute Gasteiger partial charge is 0.357 e. The summed E-state index contributed by atoms with van der Waals surface area (Å²) in [6.07, 6.45) is -1.87. The molecule has 4 bridgehead atoms. The van der Waals surface area contributed by atoms with E-state index in [1.54, 1.807) is 7.11 Å². The molecule has 1 spiro atoms. The Balaban J connectivity index is 1.81. The molecule has 0 saturated carbocycles. The fraction of sp³-hybridized carbons (Fsp3) is 0.923. The average Bonchev–Trinajstić information content (AvgIpc) is 2.89. The Morgan fingerprint density at radius 1 is 1.35 bits per heavy atom. The Labute approximate surface area is 116 Å². The molecule has 0 aromatic rings. The minimum Gasteiger partial charge on any atom is -0.357 e. The second kappa shape index (κ2) is 4.00. The van der Waals surface area contributed by atoms with Gasteiger partial charge in [0.25, 0.3) is 0 Å². The number of carbonyl (C=O) groups is 1. The maximum atomic E-state index is 12.9. The predicted molar refractivity (Wildman–Crippen MR) is 62.1 cm³/mol. The number of hydrogen-bond acceptors (Lipinski definition) is 7. The van der Waals surface area contributed by atoms with Crippen LogP contribution in [0, 0.1) is 11.3 Å². The van der Waals surface area contributed by atoms with Gasteiger partial charge in [-0.25, -0.2) is 0 Å². The highest BCUT2D eigenvalue weighted by Gasteiger charge is 2.73. The van der Waals surface area contributed by atoms with Gasteiger partial charge in [-0.1, -0.05) is 6.92 Å². The van der Waals surface area contributed by atoms with Crippen molar-refractivity contribution >= 4 is 5.78 Å². The minimum absolute atomic E-state index is 0.131. The van der Waals surface area contributed by atoms with E-state index in [4.69, 9.17) is 28.7 Å². The third-order valence-electron chi connectivity index (χ3n) is 5.20. The molecule has 4 aliphatic rings. The van der Waals surface area contributed by atoms with E-state index in [-0.39, 0.29) is 18.3 Å². The molecule has 0 radical (unpaired) electrons. The maximum Gasteiger partial charge on any atom is 0.226 e. The molecule has 0 aliphatic carbocycles. The van der Waals surface area contributed by atoms with Gasteiger partial charge in [0.1, 0.15) is 11.9 Å². The number of carbonyl (C=O) groups excluding carboxylic acids is 1. The molecule has 0 aromatic heterocycles. The van der Waals surface area contributed by atoms with Crippen LogP contribution >= 0.6 is 0 Å². The standard InChI is InChI=1S/C13H18O7/c1-6-8-10-17-11(20-19-10)13(18-8)5-16-7(15-3)4-12(13,2)9(6)14/h6-8,10-11H,4-5H2,1-3H3/t6-,7+,8+,10?,11?,12+,13-/m0/s1. The SMILES string of the molecule is CO[C@H]1C[C@]2(C)C(=O)[C@@H](C)[C@H]3O[C@@]2(CO1)C1OOC3O1. The zero-order valence-corrected chi connectivity index (χ0v) is 11.7. The molecule has 7 atom stereocenters. The van der Waals surface area contributed by atoms with Crippen molar-refractivity contribution in [2.24, 2.45) is 11.3 Å². The first kappa shape index (κ1) is 13.1. The summed E-state index contributed by atoms with van der Waals surface area (Å²) in [6, 6.07) is 0. The van der Waals surface area contributed by atoms with Crippen molar-refractivity contribution in [1.82, 2.24) is 0 Å². The highest BCUT2D eigenvalue weighted by atomic mass is 17.3. The van der Waals surface area contributed by atoms with E-state index in [1.165, 1.54) is 0 Å². The lowest BCUT2D eigenvalue weighted by Gasteiger charge is -2.59. The molecule has 20 heavy (non-hydrogen) atoms. The van der Waals surface area contributed by atoms with E-state index >= 15 is 0 Å². The van der Waals surface area contributed by atoms with Crippen LogP contribution in [-0.2, 0) is 33.5 Å². The number of hydrogen-bond donors (Lipinski definition) is 0. The summed E-state index contributed by atoms with van der Waals surface area (Å²) in [7, 11) is 1.56. The van der Waals surface area contributed by atoms with Crippen LogP contribution in [0.25, 0.3) is 0 Å². The van der Waals surface area contributed by atoms with Gasteiger partial charge in [0, 0.05) is 19.4 Å². The molecule has 2 unspecified atom stereocenters. The van der Waals surface area contributed by atoms with Gasteiger partial charge in [0.05, 0.1) is 12.0 Å². The first-order valence-corrected chi connectivity index (χ1v) is 6.86. The van der Waals surface area contributed by atoms with Crippen LogP contribution in [0.4, 0.5) is 0 Å². The van der Waals surface area contributed by atoms with Crippen molar-refractivity contribution in [3.8, 4) is 0 Å². The van der Waals surface area contributed by atoms with E-state index < -0.39 is 36.0 Å². The maximum absolute atomic E-state index is 12.9. The number of Topliss-reactive ketones (excluding diaryl/α,β-unsaturated/α-hetero) is 1.